The Morgan fingerprint density at radius 1 is 1.18 bits per heavy atom. The maximum absolute atomic E-state index is 13.9. The van der Waals surface area contributed by atoms with Gasteiger partial charge in [0.1, 0.15) is 11.6 Å². The van der Waals surface area contributed by atoms with Crippen LogP contribution in [0, 0.1) is 5.82 Å². The van der Waals surface area contributed by atoms with Crippen LogP contribution in [0.1, 0.15) is 0 Å². The van der Waals surface area contributed by atoms with Crippen LogP contribution in [0.3, 0.4) is 0 Å². The fraction of sp³-hybridized carbons (Fsp3) is 0.118. The van der Waals surface area contributed by atoms with Crippen molar-refractivity contribution in [3.05, 3.63) is 54.3 Å². The van der Waals surface area contributed by atoms with Crippen LogP contribution in [0.25, 0.3) is 11.4 Å². The van der Waals surface area contributed by atoms with E-state index in [2.05, 4.69) is 20.3 Å². The Bertz CT molecular complexity index is 966. The number of carbonyl (C=O) groups excluding carboxylic acids is 1. The van der Waals surface area contributed by atoms with Crippen LogP contribution < -0.4 is 15.9 Å². The highest BCUT2D eigenvalue weighted by Crippen LogP contribution is 2.24. The smallest absolute Gasteiger partial charge is 0.387 e. The van der Waals surface area contributed by atoms with Crippen molar-refractivity contribution in [1.29, 1.82) is 0 Å². The summed E-state index contributed by atoms with van der Waals surface area (Å²) in [6.45, 7) is -2.92. The highest BCUT2D eigenvalue weighted by molar-refractivity contribution is 7.99. The van der Waals surface area contributed by atoms with Gasteiger partial charge in [-0.15, -0.1) is 10.2 Å². The molecule has 0 saturated heterocycles. The third kappa shape index (κ3) is 4.74. The van der Waals surface area contributed by atoms with Crippen LogP contribution in [0.4, 0.5) is 18.9 Å². The summed E-state index contributed by atoms with van der Waals surface area (Å²) in [4.78, 5) is 12.0. The lowest BCUT2D eigenvalue weighted by atomic mass is 10.2. The number of anilines is 1. The van der Waals surface area contributed by atoms with E-state index in [9.17, 15) is 18.0 Å². The summed E-state index contributed by atoms with van der Waals surface area (Å²) in [6.07, 6.45) is 0. The number of halogens is 3. The first-order chi connectivity index (χ1) is 13.4. The number of nitrogen functional groups attached to an aromatic ring is 1. The number of nitrogens with one attached hydrogen (secondary N) is 1. The molecule has 7 nitrogen and oxygen atoms in total. The maximum Gasteiger partial charge on any atom is 0.387 e. The van der Waals surface area contributed by atoms with Crippen molar-refractivity contribution in [3.8, 4) is 17.1 Å². The molecule has 0 aliphatic rings. The molecule has 1 amide bonds. The van der Waals surface area contributed by atoms with Gasteiger partial charge in [-0.1, -0.05) is 23.9 Å². The Morgan fingerprint density at radius 2 is 1.89 bits per heavy atom. The summed E-state index contributed by atoms with van der Waals surface area (Å²) < 4.78 is 43.4. The second-order valence-corrected chi connectivity index (χ2v) is 6.34. The number of carbonyl (C=O) groups is 1. The summed E-state index contributed by atoms with van der Waals surface area (Å²) in [6, 6.07) is 11.5. The van der Waals surface area contributed by atoms with E-state index in [1.807, 2.05) is 0 Å². The van der Waals surface area contributed by atoms with Gasteiger partial charge in [-0.05, 0) is 36.4 Å². The van der Waals surface area contributed by atoms with Crippen LogP contribution in [-0.2, 0) is 4.79 Å². The van der Waals surface area contributed by atoms with Crippen molar-refractivity contribution in [1.82, 2.24) is 14.9 Å². The second kappa shape index (κ2) is 8.65. The predicted molar refractivity (Wildman–Crippen MR) is 98.0 cm³/mol. The number of amides is 1. The molecule has 28 heavy (non-hydrogen) atoms. The molecule has 0 spiro atoms. The molecule has 1 heterocycles. The minimum absolute atomic E-state index is 0.0146. The summed E-state index contributed by atoms with van der Waals surface area (Å²) in [7, 11) is 0. The van der Waals surface area contributed by atoms with E-state index in [0.717, 1.165) is 16.4 Å². The van der Waals surface area contributed by atoms with Crippen LogP contribution in [-0.4, -0.2) is 33.1 Å². The highest BCUT2D eigenvalue weighted by atomic mass is 32.2. The lowest BCUT2D eigenvalue weighted by Crippen LogP contribution is -2.16. The average molecular weight is 409 g/mol. The summed E-state index contributed by atoms with van der Waals surface area (Å²) >= 11 is 1.01. The molecular weight excluding hydrogens is 395 g/mol. The van der Waals surface area contributed by atoms with Crippen LogP contribution >= 0.6 is 11.8 Å². The van der Waals surface area contributed by atoms with E-state index in [1.54, 1.807) is 12.1 Å². The van der Waals surface area contributed by atoms with Crippen molar-refractivity contribution in [3.63, 3.8) is 0 Å². The Balaban J connectivity index is 1.59. The van der Waals surface area contributed by atoms with Gasteiger partial charge in [0.25, 0.3) is 0 Å². The number of benzene rings is 2. The topological polar surface area (TPSA) is 95.1 Å². The summed E-state index contributed by atoms with van der Waals surface area (Å²) in [5, 5.41) is 10.6. The van der Waals surface area contributed by atoms with Gasteiger partial charge < -0.3 is 15.9 Å². The van der Waals surface area contributed by atoms with E-state index >= 15 is 0 Å². The number of thioether (sulfide) groups is 1. The van der Waals surface area contributed by atoms with E-state index in [1.165, 1.54) is 36.4 Å². The number of nitrogens with two attached hydrogens (primary N) is 1. The first kappa shape index (κ1) is 19.5. The number of alkyl halides is 2. The fourth-order valence-corrected chi connectivity index (χ4v) is 2.91. The molecular formula is C17H14F3N5O2S. The standard InChI is InChI=1S/C17H14F3N5O2S/c18-13-4-2-1-3-12(13)15-23-24-17(25(15)21)28-9-14(26)22-10-5-7-11(8-6-10)27-16(19)20/h1-8,16H,9,21H2,(H,22,26). The molecule has 146 valence electrons. The monoisotopic (exact) mass is 409 g/mol. The van der Waals surface area contributed by atoms with Crippen LogP contribution in [0.15, 0.2) is 53.7 Å². The van der Waals surface area contributed by atoms with Crippen molar-refractivity contribution >= 4 is 23.4 Å². The molecule has 0 atom stereocenters. The molecule has 3 rings (SSSR count). The van der Waals surface area contributed by atoms with Crippen molar-refractivity contribution in [2.24, 2.45) is 0 Å². The van der Waals surface area contributed by atoms with Gasteiger partial charge >= 0.3 is 6.61 Å². The van der Waals surface area contributed by atoms with E-state index in [4.69, 9.17) is 5.84 Å². The molecule has 2 aromatic carbocycles. The molecule has 0 aliphatic carbocycles. The molecule has 1 aromatic heterocycles. The zero-order valence-corrected chi connectivity index (χ0v) is 15.0. The molecule has 3 aromatic rings. The number of hydrogen-bond donors (Lipinski definition) is 2. The quantitative estimate of drug-likeness (QED) is 0.460. The second-order valence-electron chi connectivity index (χ2n) is 5.40. The molecule has 0 bridgehead atoms. The normalized spacial score (nSPS) is 10.9. The molecule has 0 radical (unpaired) electrons. The highest BCUT2D eigenvalue weighted by Gasteiger charge is 2.16. The van der Waals surface area contributed by atoms with Gasteiger partial charge in [-0.3, -0.25) is 4.79 Å². The van der Waals surface area contributed by atoms with Crippen molar-refractivity contribution in [2.45, 2.75) is 11.8 Å². The van der Waals surface area contributed by atoms with Crippen molar-refractivity contribution < 1.29 is 22.7 Å². The Labute approximate surface area is 161 Å². The number of hydrogen-bond acceptors (Lipinski definition) is 6. The van der Waals surface area contributed by atoms with Gasteiger partial charge in [0.15, 0.2) is 5.82 Å². The molecule has 0 fully saturated rings. The molecule has 0 aliphatic heterocycles. The van der Waals surface area contributed by atoms with Gasteiger partial charge in [-0.25, -0.2) is 9.07 Å². The lowest BCUT2D eigenvalue weighted by molar-refractivity contribution is -0.113. The minimum Gasteiger partial charge on any atom is -0.435 e. The number of rotatable bonds is 7. The van der Waals surface area contributed by atoms with Crippen LogP contribution in [0.5, 0.6) is 5.75 Å². The Kier molecular flexibility index (Phi) is 6.04. The lowest BCUT2D eigenvalue weighted by Gasteiger charge is -2.07. The van der Waals surface area contributed by atoms with E-state index in [0.29, 0.717) is 5.69 Å². The largest absolute Gasteiger partial charge is 0.435 e. The number of nitrogens with zero attached hydrogens (tertiary/aromatic N) is 3. The molecule has 0 saturated carbocycles. The maximum atomic E-state index is 13.9. The zero-order valence-electron chi connectivity index (χ0n) is 14.2. The average Bonchev–Trinajstić information content (AvgIpc) is 3.02. The van der Waals surface area contributed by atoms with E-state index < -0.39 is 12.4 Å². The third-order valence-electron chi connectivity index (χ3n) is 3.47. The van der Waals surface area contributed by atoms with Gasteiger partial charge in [-0.2, -0.15) is 8.78 Å². The first-order valence-corrected chi connectivity index (χ1v) is 8.85. The van der Waals surface area contributed by atoms with E-state index in [-0.39, 0.29) is 34.0 Å². The van der Waals surface area contributed by atoms with Crippen molar-refractivity contribution in [2.75, 3.05) is 16.9 Å². The Morgan fingerprint density at radius 3 is 2.57 bits per heavy atom. The van der Waals surface area contributed by atoms with Gasteiger partial charge in [0.05, 0.1) is 11.3 Å². The first-order valence-electron chi connectivity index (χ1n) is 7.87. The Hall–Kier alpha value is -3.21. The van der Waals surface area contributed by atoms with Gasteiger partial charge in [0.2, 0.25) is 11.1 Å². The van der Waals surface area contributed by atoms with Crippen LogP contribution in [0.2, 0.25) is 0 Å². The fourth-order valence-electron chi connectivity index (χ4n) is 2.25. The minimum atomic E-state index is -2.92. The molecule has 11 heteroatoms. The summed E-state index contributed by atoms with van der Waals surface area (Å²) in [5.74, 6) is 5.11. The predicted octanol–water partition coefficient (Wildman–Crippen LogP) is 3.13. The molecule has 0 unspecified atom stereocenters. The zero-order chi connectivity index (χ0) is 20.1. The number of aromatic nitrogens is 3. The SMILES string of the molecule is Nn1c(SCC(=O)Nc2ccc(OC(F)F)cc2)nnc1-c1ccccc1F. The third-order valence-corrected chi connectivity index (χ3v) is 4.42. The number of ether oxygens (including phenoxy) is 1. The summed E-state index contributed by atoms with van der Waals surface area (Å²) in [5.41, 5.74) is 0.605. The molecule has 3 N–H and O–H groups in total. The van der Waals surface area contributed by atoms with Gasteiger partial charge in [0, 0.05) is 5.69 Å².